The molecule has 0 radical (unpaired) electrons. The fourth-order valence-electron chi connectivity index (χ4n) is 2.31. The van der Waals surface area contributed by atoms with E-state index >= 15 is 0 Å². The van der Waals surface area contributed by atoms with Crippen molar-refractivity contribution in [2.45, 2.75) is 32.0 Å². The fourth-order valence-corrected chi connectivity index (χ4v) is 2.31. The maximum absolute atomic E-state index is 11.0. The number of nitro benzene ring substituents is 1. The molecule has 7 heteroatoms. The molecular weight excluding hydrogens is 264 g/mol. The first kappa shape index (κ1) is 14.3. The lowest BCUT2D eigenvalue weighted by Gasteiger charge is -2.13. The van der Waals surface area contributed by atoms with Crippen molar-refractivity contribution < 1.29 is 19.6 Å². The summed E-state index contributed by atoms with van der Waals surface area (Å²) < 4.78 is 5.34. The number of aryl methyl sites for hydroxylation is 1. The minimum absolute atomic E-state index is 0.0419. The smallest absolute Gasteiger partial charge is 0.332 e. The highest BCUT2D eigenvalue weighted by molar-refractivity contribution is 5.72. The van der Waals surface area contributed by atoms with Gasteiger partial charge in [0.25, 0.3) is 5.69 Å². The highest BCUT2D eigenvalue weighted by Gasteiger charge is 2.30. The molecule has 1 aromatic rings. The Bertz CT molecular complexity index is 531. The van der Waals surface area contributed by atoms with Crippen LogP contribution in [-0.4, -0.2) is 34.8 Å². The van der Waals surface area contributed by atoms with Crippen LogP contribution in [0.5, 0.6) is 0 Å². The van der Waals surface area contributed by atoms with Gasteiger partial charge in [0.1, 0.15) is 5.69 Å². The minimum Gasteiger partial charge on any atom is -0.479 e. The predicted octanol–water partition coefficient (Wildman–Crippen LogP) is 1.95. The number of nitrogens with zero attached hydrogens (tertiary/aromatic N) is 1. The van der Waals surface area contributed by atoms with Crippen molar-refractivity contribution in [3.05, 3.63) is 33.9 Å². The predicted molar refractivity (Wildman–Crippen MR) is 71.9 cm³/mol. The number of rotatable bonds is 5. The number of aliphatic carboxylic acids is 1. The second-order valence-corrected chi connectivity index (χ2v) is 4.77. The van der Waals surface area contributed by atoms with Crippen LogP contribution in [-0.2, 0) is 9.53 Å². The molecule has 0 aromatic heterocycles. The second kappa shape index (κ2) is 5.87. The number of anilines is 1. The van der Waals surface area contributed by atoms with Gasteiger partial charge in [0, 0.05) is 12.1 Å². The fraction of sp³-hybridized carbons (Fsp3) is 0.462. The van der Waals surface area contributed by atoms with Gasteiger partial charge < -0.3 is 15.2 Å². The summed E-state index contributed by atoms with van der Waals surface area (Å²) in [4.78, 5) is 21.4. The zero-order chi connectivity index (χ0) is 14.7. The molecule has 1 aromatic carbocycles. The average Bonchev–Trinajstić information content (AvgIpc) is 2.84. The van der Waals surface area contributed by atoms with E-state index in [1.807, 2.05) is 0 Å². The van der Waals surface area contributed by atoms with Gasteiger partial charge in [0.2, 0.25) is 0 Å². The van der Waals surface area contributed by atoms with Gasteiger partial charge >= 0.3 is 5.97 Å². The molecule has 1 aliphatic heterocycles. The molecule has 0 saturated carbocycles. The molecule has 1 aliphatic rings. The molecule has 7 nitrogen and oxygen atoms in total. The highest BCUT2D eigenvalue weighted by atomic mass is 16.6. The monoisotopic (exact) mass is 280 g/mol. The molecule has 108 valence electrons. The molecule has 1 fully saturated rings. The summed E-state index contributed by atoms with van der Waals surface area (Å²) in [5.74, 6) is -0.964. The number of nitrogens with one attached hydrogen (secondary N) is 1. The third kappa shape index (κ3) is 3.05. The summed E-state index contributed by atoms with van der Waals surface area (Å²) in [6, 6.07) is 5.05. The lowest BCUT2D eigenvalue weighted by molar-refractivity contribution is -0.384. The van der Waals surface area contributed by atoms with Gasteiger partial charge in [0.05, 0.1) is 11.0 Å². The van der Waals surface area contributed by atoms with Crippen molar-refractivity contribution in [2.24, 2.45) is 0 Å². The van der Waals surface area contributed by atoms with Gasteiger partial charge in [-0.05, 0) is 25.8 Å². The molecule has 0 amide bonds. The SMILES string of the molecule is Cc1cccc(NCC2CCC(C(=O)O)O2)c1[N+](=O)[O-]. The number of hydrogen-bond donors (Lipinski definition) is 2. The molecule has 1 saturated heterocycles. The van der Waals surface area contributed by atoms with Crippen molar-refractivity contribution in [3.8, 4) is 0 Å². The van der Waals surface area contributed by atoms with Crippen molar-refractivity contribution >= 4 is 17.3 Å². The summed E-state index contributed by atoms with van der Waals surface area (Å²) in [7, 11) is 0. The third-order valence-electron chi connectivity index (χ3n) is 3.32. The number of carboxylic acids is 1. The summed E-state index contributed by atoms with van der Waals surface area (Å²) in [6.45, 7) is 2.03. The van der Waals surface area contributed by atoms with E-state index in [0.717, 1.165) is 0 Å². The van der Waals surface area contributed by atoms with Crippen LogP contribution in [0.1, 0.15) is 18.4 Å². The standard InChI is InChI=1S/C13H16N2O5/c1-8-3-2-4-10(12(8)15(18)19)14-7-9-5-6-11(20-9)13(16)17/h2-4,9,11,14H,5-7H2,1H3,(H,16,17). The molecule has 1 heterocycles. The van der Waals surface area contributed by atoms with Crippen molar-refractivity contribution in [1.82, 2.24) is 0 Å². The van der Waals surface area contributed by atoms with E-state index in [1.54, 1.807) is 25.1 Å². The highest BCUT2D eigenvalue weighted by Crippen LogP contribution is 2.28. The Balaban J connectivity index is 2.00. The Morgan fingerprint density at radius 2 is 2.30 bits per heavy atom. The van der Waals surface area contributed by atoms with Crippen LogP contribution in [0.3, 0.4) is 0 Å². The first-order chi connectivity index (χ1) is 9.49. The normalized spacial score (nSPS) is 21.6. The van der Waals surface area contributed by atoms with Gasteiger partial charge in [0.15, 0.2) is 6.10 Å². The summed E-state index contributed by atoms with van der Waals surface area (Å²) >= 11 is 0. The number of para-hydroxylation sites is 1. The van der Waals surface area contributed by atoms with E-state index in [9.17, 15) is 14.9 Å². The summed E-state index contributed by atoms with van der Waals surface area (Å²) in [5, 5.41) is 22.8. The van der Waals surface area contributed by atoms with E-state index in [0.29, 0.717) is 30.6 Å². The lowest BCUT2D eigenvalue weighted by Crippen LogP contribution is -2.24. The van der Waals surface area contributed by atoms with Crippen LogP contribution in [0.25, 0.3) is 0 Å². The molecular formula is C13H16N2O5. The number of benzene rings is 1. The van der Waals surface area contributed by atoms with Crippen LogP contribution in [0.2, 0.25) is 0 Å². The van der Waals surface area contributed by atoms with Crippen LogP contribution in [0.4, 0.5) is 11.4 Å². The Morgan fingerprint density at radius 1 is 1.55 bits per heavy atom. The summed E-state index contributed by atoms with van der Waals surface area (Å²) in [6.07, 6.45) is 0.0896. The molecule has 0 spiro atoms. The van der Waals surface area contributed by atoms with E-state index in [1.165, 1.54) is 0 Å². The van der Waals surface area contributed by atoms with Crippen LogP contribution < -0.4 is 5.32 Å². The first-order valence-corrected chi connectivity index (χ1v) is 6.35. The number of ether oxygens (including phenoxy) is 1. The minimum atomic E-state index is -0.964. The van der Waals surface area contributed by atoms with Crippen molar-refractivity contribution in [1.29, 1.82) is 0 Å². The molecule has 0 aliphatic carbocycles. The largest absolute Gasteiger partial charge is 0.479 e. The lowest BCUT2D eigenvalue weighted by atomic mass is 10.1. The third-order valence-corrected chi connectivity index (χ3v) is 3.32. The maximum Gasteiger partial charge on any atom is 0.332 e. The topological polar surface area (TPSA) is 102 Å². The van der Waals surface area contributed by atoms with Gasteiger partial charge in [-0.15, -0.1) is 0 Å². The van der Waals surface area contributed by atoms with Crippen LogP contribution >= 0.6 is 0 Å². The van der Waals surface area contributed by atoms with E-state index in [-0.39, 0.29) is 11.8 Å². The number of carbonyl (C=O) groups is 1. The van der Waals surface area contributed by atoms with E-state index in [4.69, 9.17) is 9.84 Å². The molecule has 2 rings (SSSR count). The number of carboxylic acid groups (broad SMARTS) is 1. The van der Waals surface area contributed by atoms with Gasteiger partial charge in [-0.1, -0.05) is 12.1 Å². The van der Waals surface area contributed by atoms with Gasteiger partial charge in [-0.2, -0.15) is 0 Å². The van der Waals surface area contributed by atoms with Crippen molar-refractivity contribution in [2.75, 3.05) is 11.9 Å². The Hall–Kier alpha value is -2.15. The van der Waals surface area contributed by atoms with Gasteiger partial charge in [-0.3, -0.25) is 10.1 Å². The Morgan fingerprint density at radius 3 is 2.90 bits per heavy atom. The summed E-state index contributed by atoms with van der Waals surface area (Å²) in [5.41, 5.74) is 1.05. The van der Waals surface area contributed by atoms with Crippen LogP contribution in [0, 0.1) is 17.0 Å². The average molecular weight is 280 g/mol. The maximum atomic E-state index is 11.0. The number of nitro groups is 1. The number of hydrogen-bond acceptors (Lipinski definition) is 5. The van der Waals surface area contributed by atoms with E-state index in [2.05, 4.69) is 5.32 Å². The molecule has 2 atom stereocenters. The quantitative estimate of drug-likeness (QED) is 0.631. The van der Waals surface area contributed by atoms with Crippen LogP contribution in [0.15, 0.2) is 18.2 Å². The van der Waals surface area contributed by atoms with Gasteiger partial charge in [-0.25, -0.2) is 4.79 Å². The zero-order valence-electron chi connectivity index (χ0n) is 11.0. The molecule has 20 heavy (non-hydrogen) atoms. The first-order valence-electron chi connectivity index (χ1n) is 6.35. The van der Waals surface area contributed by atoms with Crippen molar-refractivity contribution in [3.63, 3.8) is 0 Å². The molecule has 2 N–H and O–H groups in total. The second-order valence-electron chi connectivity index (χ2n) is 4.77. The van der Waals surface area contributed by atoms with E-state index < -0.39 is 17.0 Å². The zero-order valence-corrected chi connectivity index (χ0v) is 11.0. The Kier molecular flexibility index (Phi) is 4.19. The molecule has 2 unspecified atom stereocenters. The molecule has 0 bridgehead atoms. The Labute approximate surface area is 115 Å².